The lowest BCUT2D eigenvalue weighted by atomic mass is 10.2. The van der Waals surface area contributed by atoms with Gasteiger partial charge >= 0.3 is 0 Å². The van der Waals surface area contributed by atoms with Crippen LogP contribution in [0.5, 0.6) is 0 Å². The number of rotatable bonds is 7. The third-order valence-electron chi connectivity index (χ3n) is 4.34. The van der Waals surface area contributed by atoms with Gasteiger partial charge in [0.05, 0.1) is 6.04 Å². The molecule has 0 bridgehead atoms. The van der Waals surface area contributed by atoms with Crippen molar-refractivity contribution in [2.45, 2.75) is 26.3 Å². The first kappa shape index (κ1) is 19.6. The van der Waals surface area contributed by atoms with E-state index in [1.807, 2.05) is 49.1 Å². The van der Waals surface area contributed by atoms with Gasteiger partial charge in [0.25, 0.3) is 0 Å². The minimum atomic E-state index is -3.44. The van der Waals surface area contributed by atoms with Gasteiger partial charge in [0.15, 0.2) is 0 Å². The highest BCUT2D eigenvalue weighted by Crippen LogP contribution is 2.13. The lowest BCUT2D eigenvalue weighted by Gasteiger charge is -2.36. The molecule has 1 aromatic rings. The van der Waals surface area contributed by atoms with Gasteiger partial charge in [-0.3, -0.25) is 9.69 Å². The van der Waals surface area contributed by atoms with E-state index in [0.717, 1.165) is 12.0 Å². The van der Waals surface area contributed by atoms with Crippen LogP contribution >= 0.6 is 0 Å². The van der Waals surface area contributed by atoms with Crippen LogP contribution in [0.4, 0.5) is 0 Å². The highest BCUT2D eigenvalue weighted by atomic mass is 32.2. The highest BCUT2D eigenvalue weighted by Gasteiger charge is 2.29. The molecule has 0 saturated carbocycles. The molecule has 1 aliphatic heterocycles. The van der Waals surface area contributed by atoms with E-state index >= 15 is 0 Å². The molecule has 1 unspecified atom stereocenters. The fourth-order valence-corrected chi connectivity index (χ4v) is 3.90. The second-order valence-corrected chi connectivity index (χ2v) is 7.98. The summed E-state index contributed by atoms with van der Waals surface area (Å²) in [6, 6.07) is 9.12. The van der Waals surface area contributed by atoms with Crippen molar-refractivity contribution in [3.63, 3.8) is 0 Å². The minimum absolute atomic E-state index is 0.00197. The van der Waals surface area contributed by atoms with Crippen molar-refractivity contribution in [1.82, 2.24) is 14.5 Å². The Kier molecular flexibility index (Phi) is 7.16. The maximum atomic E-state index is 12.5. The zero-order valence-corrected chi connectivity index (χ0v) is 15.7. The average Bonchev–Trinajstić information content (AvgIpc) is 2.65. The zero-order chi connectivity index (χ0) is 18.3. The third-order valence-corrected chi connectivity index (χ3v) is 5.91. The molecular formula is C18H27N3O3S. The molecule has 2 rings (SSSR count). The molecule has 1 heterocycles. The van der Waals surface area contributed by atoms with E-state index in [2.05, 4.69) is 5.32 Å². The molecule has 138 valence electrons. The van der Waals surface area contributed by atoms with E-state index in [0.29, 0.717) is 32.7 Å². The Bertz CT molecular complexity index is 681. The van der Waals surface area contributed by atoms with Crippen molar-refractivity contribution in [3.8, 4) is 0 Å². The standard InChI is InChI=1S/C18H27N3O3S/c1-3-10-19-18(22)16(2)20-11-13-21(14-12-20)25(23,24)15-9-17-7-5-4-6-8-17/h4-9,15-16H,3,10-14H2,1-2H3,(H,19,22)/b15-9+. The third kappa shape index (κ3) is 5.66. The molecule has 0 radical (unpaired) electrons. The number of sulfonamides is 1. The number of hydrogen-bond donors (Lipinski definition) is 1. The topological polar surface area (TPSA) is 69.7 Å². The monoisotopic (exact) mass is 365 g/mol. The summed E-state index contributed by atoms with van der Waals surface area (Å²) in [4.78, 5) is 14.1. The molecule has 1 aromatic carbocycles. The Labute approximate surface area is 150 Å². The van der Waals surface area contributed by atoms with Crippen LogP contribution in [-0.4, -0.2) is 62.3 Å². The molecular weight excluding hydrogens is 338 g/mol. The maximum absolute atomic E-state index is 12.5. The largest absolute Gasteiger partial charge is 0.355 e. The normalized spacial score (nSPS) is 18.3. The van der Waals surface area contributed by atoms with Gasteiger partial charge in [0, 0.05) is 38.1 Å². The minimum Gasteiger partial charge on any atom is -0.355 e. The summed E-state index contributed by atoms with van der Waals surface area (Å²) in [7, 11) is -3.44. The number of nitrogens with one attached hydrogen (secondary N) is 1. The van der Waals surface area contributed by atoms with Crippen molar-refractivity contribution in [2.24, 2.45) is 0 Å². The van der Waals surface area contributed by atoms with Gasteiger partial charge < -0.3 is 5.32 Å². The highest BCUT2D eigenvalue weighted by molar-refractivity contribution is 7.92. The summed E-state index contributed by atoms with van der Waals surface area (Å²) in [5.41, 5.74) is 0.853. The first-order chi connectivity index (χ1) is 11.9. The number of hydrogen-bond acceptors (Lipinski definition) is 4. The first-order valence-corrected chi connectivity index (χ1v) is 10.2. The van der Waals surface area contributed by atoms with Crippen LogP contribution in [-0.2, 0) is 14.8 Å². The van der Waals surface area contributed by atoms with Crippen molar-refractivity contribution in [3.05, 3.63) is 41.3 Å². The maximum Gasteiger partial charge on any atom is 0.237 e. The smallest absolute Gasteiger partial charge is 0.237 e. The SMILES string of the molecule is CCCNC(=O)C(C)N1CCN(S(=O)(=O)/C=C/c2ccccc2)CC1. The van der Waals surface area contributed by atoms with E-state index in [-0.39, 0.29) is 11.9 Å². The summed E-state index contributed by atoms with van der Waals surface area (Å²) >= 11 is 0. The molecule has 6 nitrogen and oxygen atoms in total. The second kappa shape index (κ2) is 9.12. The zero-order valence-electron chi connectivity index (χ0n) is 14.9. The Morgan fingerprint density at radius 3 is 2.44 bits per heavy atom. The second-order valence-electron chi connectivity index (χ2n) is 6.16. The van der Waals surface area contributed by atoms with Crippen molar-refractivity contribution < 1.29 is 13.2 Å². The van der Waals surface area contributed by atoms with Crippen LogP contribution in [0.3, 0.4) is 0 Å². The molecule has 7 heteroatoms. The van der Waals surface area contributed by atoms with Crippen molar-refractivity contribution >= 4 is 22.0 Å². The number of carbonyl (C=O) groups is 1. The molecule has 0 aliphatic carbocycles. The van der Waals surface area contributed by atoms with Gasteiger partial charge in [0.2, 0.25) is 15.9 Å². The Balaban J connectivity index is 1.90. The van der Waals surface area contributed by atoms with E-state index in [1.54, 1.807) is 6.08 Å². The number of piperazine rings is 1. The van der Waals surface area contributed by atoms with Crippen LogP contribution in [0, 0.1) is 0 Å². The van der Waals surface area contributed by atoms with Gasteiger partial charge in [-0.1, -0.05) is 37.3 Å². The molecule has 1 amide bonds. The van der Waals surface area contributed by atoms with Crippen LogP contribution < -0.4 is 5.32 Å². The number of nitrogens with zero attached hydrogens (tertiary/aromatic N) is 2. The molecule has 1 saturated heterocycles. The lowest BCUT2D eigenvalue weighted by Crippen LogP contribution is -2.54. The fourth-order valence-electron chi connectivity index (χ4n) is 2.72. The predicted molar refractivity (Wildman–Crippen MR) is 100 cm³/mol. The summed E-state index contributed by atoms with van der Waals surface area (Å²) in [6.45, 7) is 6.45. The van der Waals surface area contributed by atoms with Gasteiger partial charge in [-0.05, 0) is 25.0 Å². The molecule has 0 aromatic heterocycles. The van der Waals surface area contributed by atoms with Gasteiger partial charge in [-0.25, -0.2) is 8.42 Å². The summed E-state index contributed by atoms with van der Waals surface area (Å²) in [6.07, 6.45) is 2.51. The van der Waals surface area contributed by atoms with Crippen molar-refractivity contribution in [2.75, 3.05) is 32.7 Å². The number of benzene rings is 1. The van der Waals surface area contributed by atoms with Crippen LogP contribution in [0.25, 0.3) is 6.08 Å². The van der Waals surface area contributed by atoms with Crippen LogP contribution in [0.15, 0.2) is 35.7 Å². The Morgan fingerprint density at radius 1 is 1.20 bits per heavy atom. The molecule has 1 aliphatic rings. The lowest BCUT2D eigenvalue weighted by molar-refractivity contribution is -0.126. The van der Waals surface area contributed by atoms with E-state index in [9.17, 15) is 13.2 Å². The molecule has 1 N–H and O–H groups in total. The number of amides is 1. The summed E-state index contributed by atoms with van der Waals surface area (Å²) in [5, 5.41) is 4.14. The molecule has 0 spiro atoms. The van der Waals surface area contributed by atoms with Crippen molar-refractivity contribution in [1.29, 1.82) is 0 Å². The predicted octanol–water partition coefficient (Wildman–Crippen LogP) is 1.52. The van der Waals surface area contributed by atoms with Crippen LogP contribution in [0.1, 0.15) is 25.8 Å². The first-order valence-electron chi connectivity index (χ1n) is 8.69. The Morgan fingerprint density at radius 2 is 1.84 bits per heavy atom. The van der Waals surface area contributed by atoms with Gasteiger partial charge in [-0.15, -0.1) is 0 Å². The van der Waals surface area contributed by atoms with Crippen LogP contribution in [0.2, 0.25) is 0 Å². The molecule has 1 fully saturated rings. The Hall–Kier alpha value is -1.70. The van der Waals surface area contributed by atoms with E-state index in [4.69, 9.17) is 0 Å². The van der Waals surface area contributed by atoms with Gasteiger partial charge in [0.1, 0.15) is 0 Å². The number of carbonyl (C=O) groups excluding carboxylic acids is 1. The van der Waals surface area contributed by atoms with Gasteiger partial charge in [-0.2, -0.15) is 4.31 Å². The van der Waals surface area contributed by atoms with E-state index < -0.39 is 10.0 Å². The fraction of sp³-hybridized carbons (Fsp3) is 0.500. The molecule has 25 heavy (non-hydrogen) atoms. The quantitative estimate of drug-likeness (QED) is 0.795. The van der Waals surface area contributed by atoms with E-state index in [1.165, 1.54) is 9.71 Å². The summed E-state index contributed by atoms with van der Waals surface area (Å²) in [5.74, 6) is 0.00197. The average molecular weight is 365 g/mol. The summed E-state index contributed by atoms with van der Waals surface area (Å²) < 4.78 is 26.4. The molecule has 1 atom stereocenters.